The van der Waals surface area contributed by atoms with Crippen LogP contribution in [0, 0.1) is 11.8 Å². The molecule has 1 fully saturated rings. The summed E-state index contributed by atoms with van der Waals surface area (Å²) in [6.45, 7) is 7.36. The van der Waals surface area contributed by atoms with Gasteiger partial charge in [-0.2, -0.15) is 4.98 Å². The maximum absolute atomic E-state index is 13.4. The van der Waals surface area contributed by atoms with Crippen LogP contribution in [0.15, 0.2) is 65.6 Å². The molecule has 0 atom stereocenters. The van der Waals surface area contributed by atoms with E-state index in [1.807, 2.05) is 67.5 Å². The molecule has 0 unspecified atom stereocenters. The van der Waals surface area contributed by atoms with Crippen molar-refractivity contribution < 1.29 is 8.42 Å². The molecule has 41 heavy (non-hydrogen) atoms. The van der Waals surface area contributed by atoms with Crippen molar-refractivity contribution in [1.82, 2.24) is 14.7 Å². The van der Waals surface area contributed by atoms with Crippen LogP contribution in [0.25, 0.3) is 21.7 Å². The highest BCUT2D eigenvalue weighted by molar-refractivity contribution is 7.89. The van der Waals surface area contributed by atoms with Crippen LogP contribution in [-0.2, 0) is 10.0 Å². The molecule has 5 rings (SSSR count). The number of anilines is 3. The third-order valence-electron chi connectivity index (χ3n) is 8.35. The molecule has 0 aliphatic heterocycles. The zero-order valence-corrected chi connectivity index (χ0v) is 25.4. The molecule has 3 aromatic carbocycles. The van der Waals surface area contributed by atoms with Gasteiger partial charge in [0.05, 0.1) is 10.4 Å². The van der Waals surface area contributed by atoms with E-state index in [0.29, 0.717) is 29.2 Å². The molecule has 1 heterocycles. The minimum atomic E-state index is -3.62. The van der Waals surface area contributed by atoms with E-state index in [2.05, 4.69) is 34.9 Å². The number of hydrogen-bond donors (Lipinski definition) is 2. The summed E-state index contributed by atoms with van der Waals surface area (Å²) in [5.41, 5.74) is 1.96. The fraction of sp³-hybridized carbons (Fsp3) is 0.438. The number of sulfonamides is 1. The van der Waals surface area contributed by atoms with Gasteiger partial charge in [-0.3, -0.25) is 0 Å². The van der Waals surface area contributed by atoms with Gasteiger partial charge in [-0.1, -0.05) is 36.4 Å². The Morgan fingerprint density at radius 3 is 2.12 bits per heavy atom. The van der Waals surface area contributed by atoms with E-state index in [1.165, 1.54) is 0 Å². The number of benzene rings is 3. The summed E-state index contributed by atoms with van der Waals surface area (Å²) >= 11 is 0. The van der Waals surface area contributed by atoms with E-state index in [0.717, 1.165) is 78.5 Å². The maximum Gasteiger partial charge on any atom is 0.241 e. The quantitative estimate of drug-likeness (QED) is 0.231. The van der Waals surface area contributed by atoms with Crippen LogP contribution in [0.2, 0.25) is 0 Å². The van der Waals surface area contributed by atoms with Crippen molar-refractivity contribution in [2.45, 2.75) is 44.4 Å². The SMILES string of the molecule is CCN(CC)c1nc(NC[C@H]2CC[C@H](CNS(=O)(=O)c3cccc4c(N(C)C)cccc34)CC2)nc2ccccc12. The summed E-state index contributed by atoms with van der Waals surface area (Å²) in [5.74, 6) is 2.49. The topological polar surface area (TPSA) is 90.5 Å². The van der Waals surface area contributed by atoms with Crippen LogP contribution in [0.3, 0.4) is 0 Å². The first-order chi connectivity index (χ1) is 19.8. The van der Waals surface area contributed by atoms with Gasteiger partial charge in [0.2, 0.25) is 16.0 Å². The molecular formula is C32H42N6O2S. The molecule has 0 saturated heterocycles. The molecule has 8 nitrogen and oxygen atoms in total. The van der Waals surface area contributed by atoms with Crippen molar-refractivity contribution in [3.8, 4) is 0 Å². The average molecular weight is 575 g/mol. The second kappa shape index (κ2) is 12.6. The van der Waals surface area contributed by atoms with Crippen LogP contribution in [0.5, 0.6) is 0 Å². The van der Waals surface area contributed by atoms with E-state index < -0.39 is 10.0 Å². The summed E-state index contributed by atoms with van der Waals surface area (Å²) in [4.78, 5) is 14.3. The second-order valence-electron chi connectivity index (χ2n) is 11.2. The Labute approximate surface area is 244 Å². The lowest BCUT2D eigenvalue weighted by Gasteiger charge is -2.29. The predicted octanol–water partition coefficient (Wildman–Crippen LogP) is 5.89. The highest BCUT2D eigenvalue weighted by atomic mass is 32.2. The number of fused-ring (bicyclic) bond motifs is 2. The summed E-state index contributed by atoms with van der Waals surface area (Å²) in [5, 5.41) is 6.27. The fourth-order valence-corrected chi connectivity index (χ4v) is 7.31. The molecule has 218 valence electrons. The van der Waals surface area contributed by atoms with E-state index in [4.69, 9.17) is 9.97 Å². The number of nitrogens with zero attached hydrogens (tertiary/aromatic N) is 4. The zero-order chi connectivity index (χ0) is 29.0. The van der Waals surface area contributed by atoms with E-state index in [9.17, 15) is 8.42 Å². The maximum atomic E-state index is 13.4. The lowest BCUT2D eigenvalue weighted by Crippen LogP contribution is -2.32. The molecule has 0 radical (unpaired) electrons. The minimum Gasteiger partial charge on any atom is -0.377 e. The van der Waals surface area contributed by atoms with Crippen LogP contribution >= 0.6 is 0 Å². The van der Waals surface area contributed by atoms with E-state index >= 15 is 0 Å². The van der Waals surface area contributed by atoms with Gasteiger partial charge in [0, 0.05) is 62.1 Å². The van der Waals surface area contributed by atoms with Crippen molar-refractivity contribution in [2.24, 2.45) is 11.8 Å². The Balaban J connectivity index is 1.18. The Morgan fingerprint density at radius 2 is 1.41 bits per heavy atom. The van der Waals surface area contributed by atoms with Gasteiger partial charge in [-0.05, 0) is 75.6 Å². The molecule has 9 heteroatoms. The highest BCUT2D eigenvalue weighted by Crippen LogP contribution is 2.32. The van der Waals surface area contributed by atoms with Crippen LogP contribution < -0.4 is 19.8 Å². The molecule has 0 bridgehead atoms. The normalized spacial score (nSPS) is 17.6. The van der Waals surface area contributed by atoms with Gasteiger partial charge in [0.25, 0.3) is 0 Å². The van der Waals surface area contributed by atoms with Gasteiger partial charge in [0.1, 0.15) is 5.82 Å². The van der Waals surface area contributed by atoms with Crippen molar-refractivity contribution in [3.05, 3.63) is 60.7 Å². The Hall–Kier alpha value is -3.43. The molecule has 2 N–H and O–H groups in total. The minimum absolute atomic E-state index is 0.333. The number of rotatable bonds is 11. The van der Waals surface area contributed by atoms with Crippen molar-refractivity contribution in [1.29, 1.82) is 0 Å². The molecule has 4 aromatic rings. The zero-order valence-electron chi connectivity index (χ0n) is 24.6. The predicted molar refractivity (Wildman–Crippen MR) is 171 cm³/mol. The highest BCUT2D eigenvalue weighted by Gasteiger charge is 2.25. The molecule has 1 aromatic heterocycles. The van der Waals surface area contributed by atoms with Gasteiger partial charge in [0.15, 0.2) is 0 Å². The summed E-state index contributed by atoms with van der Waals surface area (Å²) in [6.07, 6.45) is 4.10. The van der Waals surface area contributed by atoms with E-state index in [1.54, 1.807) is 6.07 Å². The number of hydrogen-bond acceptors (Lipinski definition) is 7. The third-order valence-corrected chi connectivity index (χ3v) is 9.84. The molecule has 1 aliphatic carbocycles. The largest absolute Gasteiger partial charge is 0.377 e. The summed E-state index contributed by atoms with van der Waals surface area (Å²) < 4.78 is 29.6. The standard InChI is InChI=1S/C32H42N6O2S/c1-5-38(6-2)31-27-11-7-8-14-28(27)35-32(36-31)33-21-23-17-19-24(20-18-23)22-34-41(39,40)30-16-10-12-25-26(30)13-9-15-29(25)37(3)4/h7-16,23-24,34H,5-6,17-22H2,1-4H3,(H,33,35,36)/t23-,24-. The second-order valence-corrected chi connectivity index (χ2v) is 12.9. The van der Waals surface area contributed by atoms with Gasteiger partial charge in [-0.15, -0.1) is 0 Å². The van der Waals surface area contributed by atoms with Gasteiger partial charge >= 0.3 is 0 Å². The van der Waals surface area contributed by atoms with Gasteiger partial charge < -0.3 is 15.1 Å². The van der Waals surface area contributed by atoms with Crippen molar-refractivity contribution in [3.63, 3.8) is 0 Å². The van der Waals surface area contributed by atoms with Crippen LogP contribution in [0.4, 0.5) is 17.5 Å². The van der Waals surface area contributed by atoms with Crippen LogP contribution in [-0.4, -0.2) is 58.7 Å². The molecule has 0 spiro atoms. The van der Waals surface area contributed by atoms with Crippen LogP contribution in [0.1, 0.15) is 39.5 Å². The lowest BCUT2D eigenvalue weighted by atomic mass is 9.82. The molecule has 0 amide bonds. The first-order valence-electron chi connectivity index (χ1n) is 14.7. The number of nitrogens with one attached hydrogen (secondary N) is 2. The average Bonchev–Trinajstić information content (AvgIpc) is 2.99. The van der Waals surface area contributed by atoms with Crippen molar-refractivity contribution >= 4 is 49.2 Å². The first-order valence-corrected chi connectivity index (χ1v) is 16.2. The first kappa shape index (κ1) is 29.1. The van der Waals surface area contributed by atoms with E-state index in [-0.39, 0.29) is 0 Å². The monoisotopic (exact) mass is 574 g/mol. The smallest absolute Gasteiger partial charge is 0.241 e. The number of para-hydroxylation sites is 1. The molecule has 1 saturated carbocycles. The number of aromatic nitrogens is 2. The summed E-state index contributed by atoms with van der Waals surface area (Å²) in [7, 11) is 0.318. The lowest BCUT2D eigenvalue weighted by molar-refractivity contribution is 0.284. The third kappa shape index (κ3) is 6.41. The Morgan fingerprint density at radius 1 is 0.780 bits per heavy atom. The molecule has 1 aliphatic rings. The summed E-state index contributed by atoms with van der Waals surface area (Å²) in [6, 6.07) is 19.5. The molecular weight excluding hydrogens is 532 g/mol. The Bertz CT molecular complexity index is 1590. The van der Waals surface area contributed by atoms with Gasteiger partial charge in [-0.25, -0.2) is 18.1 Å². The van der Waals surface area contributed by atoms with Crippen molar-refractivity contribution in [2.75, 3.05) is 55.4 Å². The fourth-order valence-electron chi connectivity index (χ4n) is 5.97. The Kier molecular flexibility index (Phi) is 8.94.